The third-order valence-corrected chi connectivity index (χ3v) is 3.98. The molecule has 0 aliphatic heterocycles. The van der Waals surface area contributed by atoms with Crippen LogP contribution in [0.15, 0.2) is 48.5 Å². The van der Waals surface area contributed by atoms with E-state index in [1.807, 2.05) is 0 Å². The largest absolute Gasteiger partial charge is 0.505 e. The average Bonchev–Trinajstić information content (AvgIpc) is 3.13. The van der Waals surface area contributed by atoms with E-state index in [2.05, 4.69) is 5.10 Å². The Morgan fingerprint density at radius 3 is 1.89 bits per heavy atom. The van der Waals surface area contributed by atoms with Crippen molar-refractivity contribution in [1.29, 1.82) is 0 Å². The standard InChI is InChI=1S/C19H17F3N2O3/c1-25-16-9-13(10-17(26-2)18(16)27-3)14-11-15(12-7-5-4-6-8-12)24(23-14)19(20,21)22/h4-11H,1-3H3. The third-order valence-electron chi connectivity index (χ3n) is 3.98. The highest BCUT2D eigenvalue weighted by Crippen LogP contribution is 2.42. The third kappa shape index (κ3) is 3.55. The topological polar surface area (TPSA) is 45.5 Å². The minimum atomic E-state index is -4.66. The van der Waals surface area contributed by atoms with Crippen molar-refractivity contribution in [2.75, 3.05) is 21.3 Å². The lowest BCUT2D eigenvalue weighted by molar-refractivity contribution is -0.210. The molecule has 0 amide bonds. The molecule has 8 heteroatoms. The monoisotopic (exact) mass is 378 g/mol. The smallest absolute Gasteiger partial charge is 0.493 e. The SMILES string of the molecule is COc1cc(-c2cc(-c3ccccc3)n(C(F)(F)F)n2)cc(OC)c1OC. The molecule has 0 atom stereocenters. The summed E-state index contributed by atoms with van der Waals surface area (Å²) >= 11 is 0. The normalized spacial score (nSPS) is 11.3. The fourth-order valence-electron chi connectivity index (χ4n) is 2.76. The Morgan fingerprint density at radius 1 is 0.815 bits per heavy atom. The van der Waals surface area contributed by atoms with Gasteiger partial charge in [0.15, 0.2) is 11.5 Å². The molecule has 3 rings (SSSR count). The maximum absolute atomic E-state index is 13.5. The molecule has 1 heterocycles. The number of alkyl halides is 3. The van der Waals surface area contributed by atoms with Gasteiger partial charge in [-0.1, -0.05) is 30.3 Å². The summed E-state index contributed by atoms with van der Waals surface area (Å²) < 4.78 is 56.3. The van der Waals surface area contributed by atoms with Gasteiger partial charge < -0.3 is 14.2 Å². The molecule has 27 heavy (non-hydrogen) atoms. The van der Waals surface area contributed by atoms with E-state index in [0.717, 1.165) is 0 Å². The molecule has 0 saturated carbocycles. The number of benzene rings is 2. The first-order valence-electron chi connectivity index (χ1n) is 7.92. The maximum atomic E-state index is 13.5. The van der Waals surface area contributed by atoms with E-state index in [-0.39, 0.29) is 16.1 Å². The van der Waals surface area contributed by atoms with Gasteiger partial charge in [-0.15, -0.1) is 13.2 Å². The van der Waals surface area contributed by atoms with Crippen LogP contribution in [0.3, 0.4) is 0 Å². The van der Waals surface area contributed by atoms with Crippen LogP contribution in [0.1, 0.15) is 0 Å². The lowest BCUT2D eigenvalue weighted by atomic mass is 10.1. The van der Waals surface area contributed by atoms with E-state index in [9.17, 15) is 13.2 Å². The summed E-state index contributed by atoms with van der Waals surface area (Å²) in [6.07, 6.45) is -4.66. The van der Waals surface area contributed by atoms with E-state index in [1.54, 1.807) is 42.5 Å². The minimum absolute atomic E-state index is 0.0564. The van der Waals surface area contributed by atoms with E-state index in [0.29, 0.717) is 28.4 Å². The van der Waals surface area contributed by atoms with Gasteiger partial charge in [0, 0.05) is 11.1 Å². The summed E-state index contributed by atoms with van der Waals surface area (Å²) in [7, 11) is 4.32. The van der Waals surface area contributed by atoms with Crippen LogP contribution in [0.2, 0.25) is 0 Å². The number of nitrogens with zero attached hydrogens (tertiary/aromatic N) is 2. The van der Waals surface area contributed by atoms with Crippen molar-refractivity contribution in [3.05, 3.63) is 48.5 Å². The number of rotatable bonds is 5. The molecule has 0 fully saturated rings. The second-order valence-corrected chi connectivity index (χ2v) is 5.57. The number of ether oxygens (including phenoxy) is 3. The summed E-state index contributed by atoms with van der Waals surface area (Å²) in [4.78, 5) is 0. The van der Waals surface area contributed by atoms with E-state index < -0.39 is 6.30 Å². The molecule has 0 aliphatic rings. The molecule has 3 aromatic rings. The van der Waals surface area contributed by atoms with Crippen molar-refractivity contribution in [2.24, 2.45) is 0 Å². The first-order chi connectivity index (χ1) is 12.9. The van der Waals surface area contributed by atoms with Crippen LogP contribution < -0.4 is 14.2 Å². The van der Waals surface area contributed by atoms with Crippen molar-refractivity contribution < 1.29 is 27.4 Å². The summed E-state index contributed by atoms with van der Waals surface area (Å²) in [5.74, 6) is 1.01. The van der Waals surface area contributed by atoms with Gasteiger partial charge in [-0.3, -0.25) is 0 Å². The Kier molecular flexibility index (Phi) is 4.98. The predicted molar refractivity (Wildman–Crippen MR) is 94.1 cm³/mol. The Labute approximate surface area is 153 Å². The van der Waals surface area contributed by atoms with Gasteiger partial charge in [0.25, 0.3) is 0 Å². The van der Waals surface area contributed by atoms with Crippen molar-refractivity contribution in [3.63, 3.8) is 0 Å². The quantitative estimate of drug-likeness (QED) is 0.645. The summed E-state index contributed by atoms with van der Waals surface area (Å²) in [6, 6.07) is 12.8. The van der Waals surface area contributed by atoms with Crippen LogP contribution in [-0.2, 0) is 6.30 Å². The van der Waals surface area contributed by atoms with Crippen molar-refractivity contribution >= 4 is 0 Å². The lowest BCUT2D eigenvalue weighted by Gasteiger charge is -2.13. The Bertz CT molecular complexity index is 912. The second kappa shape index (κ2) is 7.22. The highest BCUT2D eigenvalue weighted by Gasteiger charge is 2.35. The van der Waals surface area contributed by atoms with Gasteiger partial charge >= 0.3 is 6.30 Å². The molecule has 5 nitrogen and oxygen atoms in total. The van der Waals surface area contributed by atoms with Crippen LogP contribution >= 0.6 is 0 Å². The number of methoxy groups -OCH3 is 3. The summed E-state index contributed by atoms with van der Waals surface area (Å²) in [5.41, 5.74) is 0.878. The zero-order valence-corrected chi connectivity index (χ0v) is 14.9. The first kappa shape index (κ1) is 18.6. The lowest BCUT2D eigenvalue weighted by Crippen LogP contribution is -2.19. The molecule has 0 unspecified atom stereocenters. The minimum Gasteiger partial charge on any atom is -0.493 e. The molecule has 0 radical (unpaired) electrons. The Balaban J connectivity index is 2.20. The first-order valence-corrected chi connectivity index (χ1v) is 7.92. The number of aromatic nitrogens is 2. The van der Waals surface area contributed by atoms with Crippen LogP contribution in [0.25, 0.3) is 22.5 Å². The van der Waals surface area contributed by atoms with E-state index >= 15 is 0 Å². The van der Waals surface area contributed by atoms with Crippen LogP contribution in [0, 0.1) is 0 Å². The van der Waals surface area contributed by atoms with Gasteiger partial charge in [-0.25, -0.2) is 0 Å². The van der Waals surface area contributed by atoms with Gasteiger partial charge in [0.05, 0.1) is 32.7 Å². The fourth-order valence-corrected chi connectivity index (χ4v) is 2.76. The van der Waals surface area contributed by atoms with E-state index in [1.165, 1.54) is 27.4 Å². The molecule has 0 bridgehead atoms. The van der Waals surface area contributed by atoms with Gasteiger partial charge in [-0.05, 0) is 18.2 Å². The van der Waals surface area contributed by atoms with Crippen molar-refractivity contribution in [2.45, 2.75) is 6.30 Å². The zero-order valence-electron chi connectivity index (χ0n) is 14.9. The molecule has 0 saturated heterocycles. The highest BCUT2D eigenvalue weighted by atomic mass is 19.4. The van der Waals surface area contributed by atoms with E-state index in [4.69, 9.17) is 14.2 Å². The zero-order chi connectivity index (χ0) is 19.6. The highest BCUT2D eigenvalue weighted by molar-refractivity contribution is 5.73. The Hall–Kier alpha value is -3.16. The molecule has 0 N–H and O–H groups in total. The molecule has 1 aromatic heterocycles. The van der Waals surface area contributed by atoms with Crippen LogP contribution in [0.4, 0.5) is 13.2 Å². The average molecular weight is 378 g/mol. The van der Waals surface area contributed by atoms with Gasteiger partial charge in [0.1, 0.15) is 0 Å². The second-order valence-electron chi connectivity index (χ2n) is 5.57. The van der Waals surface area contributed by atoms with Crippen LogP contribution in [-0.4, -0.2) is 31.1 Å². The molecule has 2 aromatic carbocycles. The molecular formula is C19H17F3N2O3. The Morgan fingerprint density at radius 2 is 1.41 bits per heavy atom. The molecule has 142 valence electrons. The summed E-state index contributed by atoms with van der Waals surface area (Å²) in [6.45, 7) is 0. The summed E-state index contributed by atoms with van der Waals surface area (Å²) in [5, 5.41) is 3.77. The van der Waals surface area contributed by atoms with Crippen LogP contribution in [0.5, 0.6) is 17.2 Å². The van der Waals surface area contributed by atoms with Crippen molar-refractivity contribution in [1.82, 2.24) is 9.78 Å². The number of hydrogen-bond acceptors (Lipinski definition) is 4. The van der Waals surface area contributed by atoms with Gasteiger partial charge in [-0.2, -0.15) is 9.78 Å². The molecule has 0 aliphatic carbocycles. The maximum Gasteiger partial charge on any atom is 0.505 e. The fraction of sp³-hybridized carbons (Fsp3) is 0.211. The van der Waals surface area contributed by atoms with Crippen molar-refractivity contribution in [3.8, 4) is 39.8 Å². The number of hydrogen-bond donors (Lipinski definition) is 0. The number of halogens is 3. The predicted octanol–water partition coefficient (Wildman–Crippen LogP) is 4.72. The molecular weight excluding hydrogens is 361 g/mol. The van der Waals surface area contributed by atoms with Gasteiger partial charge in [0.2, 0.25) is 5.75 Å². The molecule has 0 spiro atoms.